The summed E-state index contributed by atoms with van der Waals surface area (Å²) in [6.07, 6.45) is 0.0974. The monoisotopic (exact) mass is 370 g/mol. The maximum atomic E-state index is 12.6. The van der Waals surface area contributed by atoms with E-state index in [1.165, 1.54) is 0 Å². The number of rotatable bonds is 4. The summed E-state index contributed by atoms with van der Waals surface area (Å²) in [6, 6.07) is 7.80. The molecule has 1 aliphatic rings. The van der Waals surface area contributed by atoms with E-state index in [2.05, 4.69) is 10.1 Å². The molecule has 0 saturated carbocycles. The van der Waals surface area contributed by atoms with Gasteiger partial charge in [-0.2, -0.15) is 4.98 Å². The molecule has 7 nitrogen and oxygen atoms in total. The highest BCUT2D eigenvalue weighted by Gasteiger charge is 2.31. The van der Waals surface area contributed by atoms with Gasteiger partial charge < -0.3 is 14.3 Å². The number of hydrogen-bond donors (Lipinski definition) is 0. The van der Waals surface area contributed by atoms with E-state index in [1.807, 2.05) is 56.9 Å². The fourth-order valence-electron chi connectivity index (χ4n) is 3.31. The summed E-state index contributed by atoms with van der Waals surface area (Å²) in [5.74, 6) is 0.854. The molecular weight excluding hydrogens is 344 g/mol. The summed E-state index contributed by atoms with van der Waals surface area (Å²) < 4.78 is 5.31. The Labute approximate surface area is 159 Å². The first-order chi connectivity index (χ1) is 12.8. The number of amides is 2. The predicted molar refractivity (Wildman–Crippen MR) is 101 cm³/mol. The Morgan fingerprint density at radius 1 is 1.30 bits per heavy atom. The van der Waals surface area contributed by atoms with Crippen LogP contribution in [0.25, 0.3) is 11.5 Å². The molecular formula is C20H26N4O3. The molecule has 27 heavy (non-hydrogen) atoms. The first kappa shape index (κ1) is 19.1. The third kappa shape index (κ3) is 4.35. The van der Waals surface area contributed by atoms with Gasteiger partial charge in [0.1, 0.15) is 0 Å². The maximum Gasteiger partial charge on any atom is 0.257 e. The first-order valence-corrected chi connectivity index (χ1v) is 9.33. The zero-order valence-electron chi connectivity index (χ0n) is 16.3. The van der Waals surface area contributed by atoms with Crippen molar-refractivity contribution in [1.29, 1.82) is 0 Å². The molecule has 1 atom stereocenters. The number of carbonyl (C=O) groups is 2. The van der Waals surface area contributed by atoms with E-state index in [1.54, 1.807) is 4.90 Å². The first-order valence-electron chi connectivity index (χ1n) is 9.33. The van der Waals surface area contributed by atoms with Crippen LogP contribution >= 0.6 is 0 Å². The Morgan fingerprint density at radius 3 is 2.74 bits per heavy atom. The summed E-state index contributed by atoms with van der Waals surface area (Å²) >= 11 is 0. The molecule has 1 unspecified atom stereocenters. The molecule has 3 rings (SSSR count). The van der Waals surface area contributed by atoms with Gasteiger partial charge in [0.2, 0.25) is 11.8 Å². The smallest absolute Gasteiger partial charge is 0.257 e. The summed E-state index contributed by atoms with van der Waals surface area (Å²) in [7, 11) is 0. The Hall–Kier alpha value is -2.70. The molecule has 1 fully saturated rings. The lowest BCUT2D eigenvalue weighted by atomic mass is 10.1. The van der Waals surface area contributed by atoms with Gasteiger partial charge in [0.05, 0.1) is 6.42 Å². The van der Waals surface area contributed by atoms with Crippen LogP contribution < -0.4 is 0 Å². The van der Waals surface area contributed by atoms with Gasteiger partial charge in [-0.3, -0.25) is 9.59 Å². The largest absolute Gasteiger partial charge is 0.338 e. The zero-order chi connectivity index (χ0) is 19.6. The Morgan fingerprint density at radius 2 is 2.07 bits per heavy atom. The predicted octanol–water partition coefficient (Wildman–Crippen LogP) is 2.30. The van der Waals surface area contributed by atoms with E-state index in [0.29, 0.717) is 31.3 Å². The second-order valence-corrected chi connectivity index (χ2v) is 7.44. The van der Waals surface area contributed by atoms with Crippen LogP contribution in [0.2, 0.25) is 0 Å². The van der Waals surface area contributed by atoms with Crippen molar-refractivity contribution in [1.82, 2.24) is 19.9 Å². The molecule has 0 bridgehead atoms. The highest BCUT2D eigenvalue weighted by molar-refractivity contribution is 5.80. The van der Waals surface area contributed by atoms with Crippen molar-refractivity contribution in [2.24, 2.45) is 5.92 Å². The van der Waals surface area contributed by atoms with Gasteiger partial charge in [0.25, 0.3) is 5.89 Å². The van der Waals surface area contributed by atoms with Crippen LogP contribution in [0, 0.1) is 12.8 Å². The normalized spacial score (nSPS) is 17.4. The number of hydrogen-bond acceptors (Lipinski definition) is 5. The molecule has 0 N–H and O–H groups in total. The van der Waals surface area contributed by atoms with E-state index in [-0.39, 0.29) is 30.2 Å². The lowest BCUT2D eigenvalue weighted by Gasteiger charge is -2.40. The average Bonchev–Trinajstić information content (AvgIpc) is 3.09. The third-order valence-corrected chi connectivity index (χ3v) is 4.80. The molecule has 0 radical (unpaired) electrons. The van der Waals surface area contributed by atoms with Crippen molar-refractivity contribution < 1.29 is 14.1 Å². The maximum absolute atomic E-state index is 12.6. The Bertz CT molecular complexity index is 830. The molecule has 1 aromatic carbocycles. The van der Waals surface area contributed by atoms with E-state index in [9.17, 15) is 9.59 Å². The standard InChI is InChI=1S/C20H26N4O3/c1-13(2)20(26)24-9-8-23(12-15(24)4)18(25)11-17-21-19(27-22-17)16-7-5-6-14(3)10-16/h5-7,10,13,15H,8-9,11-12H2,1-4H3. The van der Waals surface area contributed by atoms with Crippen LogP contribution in [-0.2, 0) is 16.0 Å². The molecule has 0 spiro atoms. The number of carbonyl (C=O) groups excluding carboxylic acids is 2. The molecule has 2 amide bonds. The third-order valence-electron chi connectivity index (χ3n) is 4.80. The average molecular weight is 370 g/mol. The minimum absolute atomic E-state index is 0.00530. The Balaban J connectivity index is 1.61. The number of benzene rings is 1. The van der Waals surface area contributed by atoms with Gasteiger partial charge in [-0.05, 0) is 26.0 Å². The van der Waals surface area contributed by atoms with Crippen molar-refractivity contribution in [2.45, 2.75) is 40.2 Å². The van der Waals surface area contributed by atoms with Crippen LogP contribution in [-0.4, -0.2) is 57.4 Å². The summed E-state index contributed by atoms with van der Waals surface area (Å²) in [6.45, 7) is 9.39. The van der Waals surface area contributed by atoms with Crippen molar-refractivity contribution in [2.75, 3.05) is 19.6 Å². The number of aromatic nitrogens is 2. The van der Waals surface area contributed by atoms with Crippen LogP contribution in [0.3, 0.4) is 0 Å². The topological polar surface area (TPSA) is 79.5 Å². The molecule has 2 heterocycles. The lowest BCUT2D eigenvalue weighted by Crippen LogP contribution is -2.56. The Kier molecular flexibility index (Phi) is 5.58. The number of aryl methyl sites for hydroxylation is 1. The molecule has 1 aromatic heterocycles. The van der Waals surface area contributed by atoms with E-state index in [4.69, 9.17) is 4.52 Å². The van der Waals surface area contributed by atoms with Crippen molar-refractivity contribution in [3.63, 3.8) is 0 Å². The summed E-state index contributed by atoms with van der Waals surface area (Å²) in [5, 5.41) is 3.94. The van der Waals surface area contributed by atoms with Crippen molar-refractivity contribution in [3.8, 4) is 11.5 Å². The van der Waals surface area contributed by atoms with Gasteiger partial charge in [-0.1, -0.05) is 36.7 Å². The van der Waals surface area contributed by atoms with Crippen LogP contribution in [0.15, 0.2) is 28.8 Å². The molecule has 2 aromatic rings. The highest BCUT2D eigenvalue weighted by Crippen LogP contribution is 2.19. The van der Waals surface area contributed by atoms with Crippen LogP contribution in [0.5, 0.6) is 0 Å². The lowest BCUT2D eigenvalue weighted by molar-refractivity contribution is -0.144. The minimum Gasteiger partial charge on any atom is -0.338 e. The fourth-order valence-corrected chi connectivity index (χ4v) is 3.31. The SMILES string of the molecule is Cc1cccc(-c2nc(CC(=O)N3CCN(C(=O)C(C)C)C(C)C3)no2)c1. The van der Waals surface area contributed by atoms with Crippen molar-refractivity contribution >= 4 is 11.8 Å². The molecule has 1 saturated heterocycles. The fraction of sp³-hybridized carbons (Fsp3) is 0.500. The van der Waals surface area contributed by atoms with Crippen LogP contribution in [0.4, 0.5) is 0 Å². The highest BCUT2D eigenvalue weighted by atomic mass is 16.5. The molecule has 7 heteroatoms. The van der Waals surface area contributed by atoms with Gasteiger partial charge in [0, 0.05) is 37.2 Å². The molecule has 0 aliphatic carbocycles. The van der Waals surface area contributed by atoms with Gasteiger partial charge in [-0.15, -0.1) is 0 Å². The van der Waals surface area contributed by atoms with Crippen molar-refractivity contribution in [3.05, 3.63) is 35.7 Å². The minimum atomic E-state index is -0.0462. The van der Waals surface area contributed by atoms with Gasteiger partial charge in [0.15, 0.2) is 5.82 Å². The van der Waals surface area contributed by atoms with Crippen LogP contribution in [0.1, 0.15) is 32.2 Å². The number of nitrogens with zero attached hydrogens (tertiary/aromatic N) is 4. The second-order valence-electron chi connectivity index (χ2n) is 7.44. The molecule has 1 aliphatic heterocycles. The van der Waals surface area contributed by atoms with Gasteiger partial charge >= 0.3 is 0 Å². The zero-order valence-corrected chi connectivity index (χ0v) is 16.3. The number of piperazine rings is 1. The summed E-state index contributed by atoms with van der Waals surface area (Å²) in [5.41, 5.74) is 1.95. The molecule has 144 valence electrons. The quantitative estimate of drug-likeness (QED) is 0.825. The van der Waals surface area contributed by atoms with E-state index in [0.717, 1.165) is 11.1 Å². The van der Waals surface area contributed by atoms with E-state index >= 15 is 0 Å². The van der Waals surface area contributed by atoms with E-state index < -0.39 is 0 Å². The van der Waals surface area contributed by atoms with Gasteiger partial charge in [-0.25, -0.2) is 0 Å². The summed E-state index contributed by atoms with van der Waals surface area (Å²) in [4.78, 5) is 32.8. The second kappa shape index (κ2) is 7.90.